The van der Waals surface area contributed by atoms with Gasteiger partial charge in [0.05, 0.1) is 15.6 Å². The number of carbonyl (C=O) groups is 1. The third-order valence-corrected chi connectivity index (χ3v) is 5.29. The Morgan fingerprint density at radius 2 is 1.96 bits per heavy atom. The zero-order valence-corrected chi connectivity index (χ0v) is 14.9. The van der Waals surface area contributed by atoms with Gasteiger partial charge in [-0.15, -0.1) is 0 Å². The summed E-state index contributed by atoms with van der Waals surface area (Å²) in [5, 5.41) is 3.44. The molecule has 0 bridgehead atoms. The van der Waals surface area contributed by atoms with Crippen molar-refractivity contribution >= 4 is 44.6 Å². The fourth-order valence-corrected chi connectivity index (χ4v) is 3.41. The maximum Gasteiger partial charge on any atom is 0.265 e. The SMILES string of the molecule is CS(=O)(=O)c1ccc(Cl)c(NC(=O)C2Cc3cc(Cl)ccc3O2)c1. The molecule has 1 N–H and O–H groups in total. The van der Waals surface area contributed by atoms with E-state index in [1.807, 2.05) is 0 Å². The monoisotopic (exact) mass is 385 g/mol. The molecule has 0 spiro atoms. The van der Waals surface area contributed by atoms with E-state index in [4.69, 9.17) is 27.9 Å². The van der Waals surface area contributed by atoms with Crippen molar-refractivity contribution in [2.45, 2.75) is 17.4 Å². The molecule has 1 heterocycles. The highest BCUT2D eigenvalue weighted by atomic mass is 35.5. The number of hydrogen-bond donors (Lipinski definition) is 1. The van der Waals surface area contributed by atoms with Crippen molar-refractivity contribution in [3.8, 4) is 5.75 Å². The largest absolute Gasteiger partial charge is 0.480 e. The zero-order valence-electron chi connectivity index (χ0n) is 12.5. The minimum absolute atomic E-state index is 0.0737. The average molecular weight is 386 g/mol. The standard InChI is InChI=1S/C16H13Cl2NO4S/c1-24(21,22)11-3-4-12(18)13(8-11)19-16(20)15-7-9-6-10(17)2-5-14(9)23-15/h2-6,8,15H,7H2,1H3,(H,19,20). The van der Waals surface area contributed by atoms with E-state index in [9.17, 15) is 13.2 Å². The van der Waals surface area contributed by atoms with Crippen molar-refractivity contribution in [1.82, 2.24) is 0 Å². The molecular formula is C16H13Cl2NO4S. The number of halogens is 2. The summed E-state index contributed by atoms with van der Waals surface area (Å²) in [6, 6.07) is 9.29. The van der Waals surface area contributed by atoms with Gasteiger partial charge in [0, 0.05) is 17.7 Å². The minimum atomic E-state index is -3.40. The predicted molar refractivity (Wildman–Crippen MR) is 92.8 cm³/mol. The number of sulfone groups is 1. The molecule has 1 aliphatic heterocycles. The molecule has 0 radical (unpaired) electrons. The molecular weight excluding hydrogens is 373 g/mol. The van der Waals surface area contributed by atoms with Gasteiger partial charge in [-0.2, -0.15) is 0 Å². The lowest BCUT2D eigenvalue weighted by molar-refractivity contribution is -0.122. The second kappa shape index (κ2) is 6.27. The summed E-state index contributed by atoms with van der Waals surface area (Å²) in [5.74, 6) is 0.199. The van der Waals surface area contributed by atoms with Crippen LogP contribution in [-0.2, 0) is 21.1 Å². The van der Waals surface area contributed by atoms with Gasteiger partial charge in [-0.25, -0.2) is 8.42 Å². The second-order valence-electron chi connectivity index (χ2n) is 5.47. The molecule has 24 heavy (non-hydrogen) atoms. The first-order chi connectivity index (χ1) is 11.2. The molecule has 3 rings (SSSR count). The summed E-state index contributed by atoms with van der Waals surface area (Å²) in [6.45, 7) is 0. The van der Waals surface area contributed by atoms with Crippen LogP contribution in [0.5, 0.6) is 5.75 Å². The van der Waals surface area contributed by atoms with Gasteiger partial charge in [0.15, 0.2) is 15.9 Å². The van der Waals surface area contributed by atoms with Crippen LogP contribution in [0.1, 0.15) is 5.56 Å². The fourth-order valence-electron chi connectivity index (χ4n) is 2.41. The van der Waals surface area contributed by atoms with Crippen molar-refractivity contribution in [1.29, 1.82) is 0 Å². The number of benzene rings is 2. The normalized spacial score (nSPS) is 16.4. The Bertz CT molecular complexity index is 928. The molecule has 2 aromatic carbocycles. The molecule has 1 aliphatic rings. The van der Waals surface area contributed by atoms with Crippen LogP contribution in [0.25, 0.3) is 0 Å². The minimum Gasteiger partial charge on any atom is -0.480 e. The lowest BCUT2D eigenvalue weighted by Gasteiger charge is -2.13. The van der Waals surface area contributed by atoms with Crippen LogP contribution in [0.15, 0.2) is 41.3 Å². The highest BCUT2D eigenvalue weighted by Gasteiger charge is 2.29. The van der Waals surface area contributed by atoms with Gasteiger partial charge < -0.3 is 10.1 Å². The number of carbonyl (C=O) groups excluding carboxylic acids is 1. The maximum absolute atomic E-state index is 12.4. The van der Waals surface area contributed by atoms with E-state index in [2.05, 4.69) is 5.32 Å². The number of fused-ring (bicyclic) bond motifs is 1. The first-order valence-corrected chi connectivity index (χ1v) is 9.64. The number of ether oxygens (including phenoxy) is 1. The summed E-state index contributed by atoms with van der Waals surface area (Å²) < 4.78 is 28.9. The van der Waals surface area contributed by atoms with Crippen LogP contribution < -0.4 is 10.1 Å². The molecule has 0 aliphatic carbocycles. The van der Waals surface area contributed by atoms with Gasteiger partial charge in [-0.05, 0) is 42.0 Å². The lowest BCUT2D eigenvalue weighted by Crippen LogP contribution is -2.31. The summed E-state index contributed by atoms with van der Waals surface area (Å²) in [7, 11) is -3.40. The molecule has 0 saturated carbocycles. The summed E-state index contributed by atoms with van der Waals surface area (Å²) >= 11 is 12.0. The van der Waals surface area contributed by atoms with Crippen LogP contribution in [0.4, 0.5) is 5.69 Å². The van der Waals surface area contributed by atoms with E-state index in [1.54, 1.807) is 18.2 Å². The molecule has 0 fully saturated rings. The second-order valence-corrected chi connectivity index (χ2v) is 8.33. The van der Waals surface area contributed by atoms with Gasteiger partial charge in [0.2, 0.25) is 0 Å². The third kappa shape index (κ3) is 3.50. The van der Waals surface area contributed by atoms with E-state index in [1.165, 1.54) is 18.2 Å². The van der Waals surface area contributed by atoms with Crippen molar-refractivity contribution in [2.75, 3.05) is 11.6 Å². The van der Waals surface area contributed by atoms with Crippen LogP contribution >= 0.6 is 23.2 Å². The molecule has 2 aromatic rings. The van der Waals surface area contributed by atoms with Crippen LogP contribution in [0, 0.1) is 0 Å². The Labute approximate surface area is 149 Å². The van der Waals surface area contributed by atoms with Crippen LogP contribution in [0.2, 0.25) is 10.0 Å². The third-order valence-electron chi connectivity index (χ3n) is 3.61. The number of hydrogen-bond acceptors (Lipinski definition) is 4. The fraction of sp³-hybridized carbons (Fsp3) is 0.188. The molecule has 0 saturated heterocycles. The van der Waals surface area contributed by atoms with Crippen LogP contribution in [-0.4, -0.2) is 26.7 Å². The molecule has 8 heteroatoms. The zero-order chi connectivity index (χ0) is 17.5. The van der Waals surface area contributed by atoms with E-state index >= 15 is 0 Å². The quantitative estimate of drug-likeness (QED) is 0.878. The highest BCUT2D eigenvalue weighted by molar-refractivity contribution is 7.90. The maximum atomic E-state index is 12.4. The van der Waals surface area contributed by atoms with E-state index in [0.717, 1.165) is 11.8 Å². The Hall–Kier alpha value is -1.76. The molecule has 1 atom stereocenters. The van der Waals surface area contributed by atoms with Gasteiger partial charge in [-0.3, -0.25) is 4.79 Å². The molecule has 126 valence electrons. The lowest BCUT2D eigenvalue weighted by atomic mass is 10.1. The van der Waals surface area contributed by atoms with E-state index in [0.29, 0.717) is 17.2 Å². The molecule has 0 aromatic heterocycles. The highest BCUT2D eigenvalue weighted by Crippen LogP contribution is 2.32. The van der Waals surface area contributed by atoms with Crippen molar-refractivity contribution < 1.29 is 17.9 Å². The summed E-state index contributed by atoms with van der Waals surface area (Å²) in [5.41, 5.74) is 1.07. The van der Waals surface area contributed by atoms with Gasteiger partial charge >= 0.3 is 0 Å². The van der Waals surface area contributed by atoms with Crippen molar-refractivity contribution in [3.63, 3.8) is 0 Å². The molecule has 1 amide bonds. The number of rotatable bonds is 3. The summed E-state index contributed by atoms with van der Waals surface area (Å²) in [6.07, 6.45) is 0.740. The molecule has 1 unspecified atom stereocenters. The average Bonchev–Trinajstić information content (AvgIpc) is 2.91. The van der Waals surface area contributed by atoms with E-state index < -0.39 is 21.8 Å². The number of nitrogens with one attached hydrogen (secondary N) is 1. The van der Waals surface area contributed by atoms with Gasteiger partial charge in [0.1, 0.15) is 5.75 Å². The Kier molecular flexibility index (Phi) is 4.46. The van der Waals surface area contributed by atoms with E-state index in [-0.39, 0.29) is 15.6 Å². The Balaban J connectivity index is 1.79. The Morgan fingerprint density at radius 1 is 1.21 bits per heavy atom. The first-order valence-electron chi connectivity index (χ1n) is 6.99. The first kappa shape index (κ1) is 17.1. The smallest absolute Gasteiger partial charge is 0.265 e. The molecule has 5 nitrogen and oxygen atoms in total. The van der Waals surface area contributed by atoms with Crippen molar-refractivity contribution in [3.05, 3.63) is 52.0 Å². The van der Waals surface area contributed by atoms with Crippen molar-refractivity contribution in [2.24, 2.45) is 0 Å². The van der Waals surface area contributed by atoms with Gasteiger partial charge in [-0.1, -0.05) is 23.2 Å². The van der Waals surface area contributed by atoms with Crippen LogP contribution in [0.3, 0.4) is 0 Å². The Morgan fingerprint density at radius 3 is 2.67 bits per heavy atom. The summed E-state index contributed by atoms with van der Waals surface area (Å²) in [4.78, 5) is 12.5. The predicted octanol–water partition coefficient (Wildman–Crippen LogP) is 3.34. The number of amides is 1. The number of anilines is 1. The van der Waals surface area contributed by atoms with Gasteiger partial charge in [0.25, 0.3) is 5.91 Å². The topological polar surface area (TPSA) is 72.5 Å².